The number of carbonyl (C=O) groups excluding carboxylic acids is 1. The first kappa shape index (κ1) is 22.1. The number of nitrogens with zero attached hydrogens (tertiary/aromatic N) is 4. The van der Waals surface area contributed by atoms with Crippen LogP contribution in [0.2, 0.25) is 15.1 Å². The fourth-order valence-electron chi connectivity index (χ4n) is 2.76. The minimum Gasteiger partial charge on any atom is -0.305 e. The van der Waals surface area contributed by atoms with E-state index in [4.69, 9.17) is 34.8 Å². The molecule has 0 aliphatic heterocycles. The van der Waals surface area contributed by atoms with Gasteiger partial charge in [-0.15, -0.1) is 21.5 Å². The second-order valence-corrected chi connectivity index (χ2v) is 9.40. The number of rotatable bonds is 6. The Morgan fingerprint density at radius 1 is 1.10 bits per heavy atom. The van der Waals surface area contributed by atoms with Gasteiger partial charge in [0, 0.05) is 28.6 Å². The SMILES string of the molecule is Cn1c(SCC(=O)Nc2nc(-c3ccc(Cl)cc3Cl)cs2)nnc1-c1ccccc1Cl. The highest BCUT2D eigenvalue weighted by molar-refractivity contribution is 7.99. The molecule has 1 amide bonds. The van der Waals surface area contributed by atoms with E-state index >= 15 is 0 Å². The second-order valence-electron chi connectivity index (χ2n) is 6.34. The van der Waals surface area contributed by atoms with E-state index in [1.807, 2.05) is 35.2 Å². The first-order valence-corrected chi connectivity index (χ1v) is 11.9. The minimum absolute atomic E-state index is 0.158. The van der Waals surface area contributed by atoms with Crippen molar-refractivity contribution in [3.05, 3.63) is 62.9 Å². The van der Waals surface area contributed by atoms with Crippen molar-refractivity contribution in [3.8, 4) is 22.6 Å². The molecule has 0 aliphatic carbocycles. The molecule has 4 rings (SSSR count). The van der Waals surface area contributed by atoms with Crippen molar-refractivity contribution in [3.63, 3.8) is 0 Å². The molecule has 0 saturated carbocycles. The van der Waals surface area contributed by atoms with Gasteiger partial charge in [0.1, 0.15) is 0 Å². The Morgan fingerprint density at radius 2 is 1.90 bits per heavy atom. The molecule has 0 unspecified atom stereocenters. The third-order valence-electron chi connectivity index (χ3n) is 4.24. The van der Waals surface area contributed by atoms with Crippen LogP contribution >= 0.6 is 57.9 Å². The molecule has 0 radical (unpaired) electrons. The van der Waals surface area contributed by atoms with E-state index in [0.717, 1.165) is 11.1 Å². The summed E-state index contributed by atoms with van der Waals surface area (Å²) in [6.45, 7) is 0. The number of hydrogen-bond donors (Lipinski definition) is 1. The van der Waals surface area contributed by atoms with E-state index in [1.165, 1.54) is 23.1 Å². The van der Waals surface area contributed by atoms with Crippen LogP contribution in [0.25, 0.3) is 22.6 Å². The van der Waals surface area contributed by atoms with Crippen molar-refractivity contribution in [1.82, 2.24) is 19.7 Å². The number of halogens is 3. The van der Waals surface area contributed by atoms with Crippen LogP contribution < -0.4 is 5.32 Å². The highest BCUT2D eigenvalue weighted by atomic mass is 35.5. The molecule has 0 aliphatic rings. The molecule has 2 aromatic carbocycles. The number of benzene rings is 2. The molecule has 31 heavy (non-hydrogen) atoms. The van der Waals surface area contributed by atoms with E-state index < -0.39 is 0 Å². The lowest BCUT2D eigenvalue weighted by Crippen LogP contribution is -2.14. The first-order chi connectivity index (χ1) is 14.9. The van der Waals surface area contributed by atoms with E-state index in [2.05, 4.69) is 20.5 Å². The molecule has 158 valence electrons. The lowest BCUT2D eigenvalue weighted by molar-refractivity contribution is -0.113. The minimum atomic E-state index is -0.199. The third-order valence-corrected chi connectivity index (χ3v) is 6.89. The predicted molar refractivity (Wildman–Crippen MR) is 128 cm³/mol. The van der Waals surface area contributed by atoms with Gasteiger partial charge in [0.05, 0.1) is 21.5 Å². The van der Waals surface area contributed by atoms with Crippen LogP contribution in [0.1, 0.15) is 0 Å². The van der Waals surface area contributed by atoms with Crippen molar-refractivity contribution in [2.45, 2.75) is 5.16 Å². The predicted octanol–water partition coefficient (Wildman–Crippen LogP) is 6.30. The number of amides is 1. The molecule has 0 saturated heterocycles. The lowest BCUT2D eigenvalue weighted by Gasteiger charge is -2.05. The molecular formula is C20H14Cl3N5OS2. The molecule has 0 bridgehead atoms. The van der Waals surface area contributed by atoms with Crippen LogP contribution in [0.3, 0.4) is 0 Å². The summed E-state index contributed by atoms with van der Waals surface area (Å²) in [5.74, 6) is 0.596. The summed E-state index contributed by atoms with van der Waals surface area (Å²) in [7, 11) is 1.84. The van der Waals surface area contributed by atoms with Gasteiger partial charge in [-0.2, -0.15) is 0 Å². The number of thiazole rings is 1. The standard InChI is InChI=1S/C20H14Cl3N5OS2/c1-28-18(13-4-2-3-5-14(13)22)26-27-20(28)31-10-17(29)25-19-24-16(9-30-19)12-7-6-11(21)8-15(12)23/h2-9H,10H2,1H3,(H,24,25,29). The molecule has 11 heteroatoms. The van der Waals surface area contributed by atoms with E-state index in [-0.39, 0.29) is 11.7 Å². The van der Waals surface area contributed by atoms with Crippen LogP contribution in [0.15, 0.2) is 53.0 Å². The summed E-state index contributed by atoms with van der Waals surface area (Å²) in [5, 5.41) is 15.7. The molecule has 2 heterocycles. The molecule has 2 aromatic heterocycles. The largest absolute Gasteiger partial charge is 0.305 e. The fourth-order valence-corrected chi connectivity index (χ4v) is 4.92. The van der Waals surface area contributed by atoms with Gasteiger partial charge < -0.3 is 9.88 Å². The van der Waals surface area contributed by atoms with E-state index in [1.54, 1.807) is 24.3 Å². The Balaban J connectivity index is 1.39. The lowest BCUT2D eigenvalue weighted by atomic mass is 10.2. The van der Waals surface area contributed by atoms with Gasteiger partial charge in [-0.25, -0.2) is 4.98 Å². The zero-order chi connectivity index (χ0) is 22.0. The Labute approximate surface area is 201 Å². The van der Waals surface area contributed by atoms with Crippen molar-refractivity contribution in [2.24, 2.45) is 7.05 Å². The maximum Gasteiger partial charge on any atom is 0.236 e. The van der Waals surface area contributed by atoms with Gasteiger partial charge >= 0.3 is 0 Å². The van der Waals surface area contributed by atoms with Crippen LogP contribution in [-0.4, -0.2) is 31.4 Å². The van der Waals surface area contributed by atoms with Gasteiger partial charge in [-0.05, 0) is 30.3 Å². The van der Waals surface area contributed by atoms with E-state index in [9.17, 15) is 4.79 Å². The Morgan fingerprint density at radius 3 is 2.68 bits per heavy atom. The summed E-state index contributed by atoms with van der Waals surface area (Å²) in [6, 6.07) is 12.6. The summed E-state index contributed by atoms with van der Waals surface area (Å²) in [5.41, 5.74) is 2.21. The average Bonchev–Trinajstić information content (AvgIpc) is 3.33. The summed E-state index contributed by atoms with van der Waals surface area (Å²) in [4.78, 5) is 16.8. The molecule has 1 N–H and O–H groups in total. The number of anilines is 1. The van der Waals surface area contributed by atoms with Crippen LogP contribution in [0.5, 0.6) is 0 Å². The number of aromatic nitrogens is 4. The topological polar surface area (TPSA) is 72.7 Å². The number of nitrogens with one attached hydrogen (secondary N) is 1. The Hall–Kier alpha value is -2.10. The molecule has 6 nitrogen and oxygen atoms in total. The monoisotopic (exact) mass is 509 g/mol. The van der Waals surface area contributed by atoms with Crippen molar-refractivity contribution < 1.29 is 4.79 Å². The van der Waals surface area contributed by atoms with Gasteiger partial charge in [0.25, 0.3) is 0 Å². The molecular weight excluding hydrogens is 497 g/mol. The maximum absolute atomic E-state index is 12.4. The van der Waals surface area contributed by atoms with Crippen molar-refractivity contribution in [2.75, 3.05) is 11.1 Å². The Kier molecular flexibility index (Phi) is 6.83. The first-order valence-electron chi connectivity index (χ1n) is 8.90. The highest BCUT2D eigenvalue weighted by Gasteiger charge is 2.16. The molecule has 4 aromatic rings. The van der Waals surface area contributed by atoms with Crippen molar-refractivity contribution in [1.29, 1.82) is 0 Å². The number of carbonyl (C=O) groups is 1. The zero-order valence-corrected chi connectivity index (χ0v) is 19.9. The van der Waals surface area contributed by atoms with Gasteiger partial charge in [-0.1, -0.05) is 58.7 Å². The van der Waals surface area contributed by atoms with Gasteiger partial charge in [0.15, 0.2) is 16.1 Å². The van der Waals surface area contributed by atoms with Crippen LogP contribution in [0.4, 0.5) is 5.13 Å². The van der Waals surface area contributed by atoms with E-state index in [0.29, 0.717) is 36.9 Å². The third kappa shape index (κ3) is 5.05. The average molecular weight is 511 g/mol. The summed E-state index contributed by atoms with van der Waals surface area (Å²) in [6.07, 6.45) is 0. The quantitative estimate of drug-likeness (QED) is 0.308. The number of hydrogen-bond acceptors (Lipinski definition) is 6. The molecule has 0 spiro atoms. The molecule has 0 atom stereocenters. The second kappa shape index (κ2) is 9.58. The normalized spacial score (nSPS) is 11.0. The fraction of sp³-hybridized carbons (Fsp3) is 0.100. The van der Waals surface area contributed by atoms with Gasteiger partial charge in [-0.3, -0.25) is 4.79 Å². The highest BCUT2D eigenvalue weighted by Crippen LogP contribution is 2.32. The summed E-state index contributed by atoms with van der Waals surface area (Å²) >= 11 is 21.0. The number of thioether (sulfide) groups is 1. The zero-order valence-electron chi connectivity index (χ0n) is 16.0. The smallest absolute Gasteiger partial charge is 0.236 e. The molecule has 0 fully saturated rings. The summed E-state index contributed by atoms with van der Waals surface area (Å²) < 4.78 is 1.81. The van der Waals surface area contributed by atoms with Gasteiger partial charge in [0.2, 0.25) is 5.91 Å². The maximum atomic E-state index is 12.4. The Bertz CT molecular complexity index is 1260. The van der Waals surface area contributed by atoms with Crippen LogP contribution in [0, 0.1) is 0 Å². The van der Waals surface area contributed by atoms with Crippen molar-refractivity contribution >= 4 is 68.9 Å². The van der Waals surface area contributed by atoms with Crippen LogP contribution in [-0.2, 0) is 11.8 Å².